The maximum Gasteiger partial charge on any atom is 0.242 e. The van der Waals surface area contributed by atoms with Gasteiger partial charge in [-0.05, 0) is 12.1 Å². The Morgan fingerprint density at radius 3 is 2.50 bits per heavy atom. The van der Waals surface area contributed by atoms with Gasteiger partial charge in [0.25, 0.3) is 0 Å². The summed E-state index contributed by atoms with van der Waals surface area (Å²) in [6.07, 6.45) is 0.678. The molecule has 0 spiro atoms. The number of aldehydes is 1. The number of hydrogen-bond donors (Lipinski definition) is 0. The van der Waals surface area contributed by atoms with Gasteiger partial charge in [-0.1, -0.05) is 18.2 Å². The van der Waals surface area contributed by atoms with Gasteiger partial charge in [-0.25, -0.2) is 0 Å². The summed E-state index contributed by atoms with van der Waals surface area (Å²) in [5, 5.41) is 0. The molecule has 0 aliphatic heterocycles. The van der Waals surface area contributed by atoms with Crippen LogP contribution in [0.25, 0.3) is 0 Å². The summed E-state index contributed by atoms with van der Waals surface area (Å²) in [5.41, 5.74) is 0.685. The van der Waals surface area contributed by atoms with Gasteiger partial charge < -0.3 is 9.69 Å². The molecule has 0 heterocycles. The molecule has 0 saturated carbocycles. The van der Waals surface area contributed by atoms with E-state index < -0.39 is 0 Å². The molecule has 0 bridgehead atoms. The molecule has 0 N–H and O–H groups in total. The van der Waals surface area contributed by atoms with E-state index in [4.69, 9.17) is 11.6 Å². The van der Waals surface area contributed by atoms with Crippen LogP contribution < -0.4 is 4.90 Å². The van der Waals surface area contributed by atoms with Gasteiger partial charge in [0.15, 0.2) is 0 Å². The van der Waals surface area contributed by atoms with Crippen molar-refractivity contribution in [1.82, 2.24) is 0 Å². The van der Waals surface area contributed by atoms with Crippen molar-refractivity contribution in [3.63, 3.8) is 0 Å². The van der Waals surface area contributed by atoms with Crippen molar-refractivity contribution in [2.24, 2.45) is 0 Å². The SMILES string of the molecule is O=CCN(C(=O)CCl)c1ccccc1. The lowest BCUT2D eigenvalue weighted by atomic mass is 10.3. The van der Waals surface area contributed by atoms with E-state index in [1.54, 1.807) is 24.3 Å². The number of anilines is 1. The Morgan fingerprint density at radius 2 is 2.00 bits per heavy atom. The normalized spacial score (nSPS) is 9.50. The fraction of sp³-hybridized carbons (Fsp3) is 0.200. The second kappa shape index (κ2) is 5.40. The highest BCUT2D eigenvalue weighted by molar-refractivity contribution is 6.29. The second-order valence-corrected chi connectivity index (χ2v) is 2.91. The number of carbonyl (C=O) groups excluding carboxylic acids is 2. The molecule has 0 aliphatic carbocycles. The van der Waals surface area contributed by atoms with Crippen molar-refractivity contribution in [2.45, 2.75) is 0 Å². The molecule has 74 valence electrons. The van der Waals surface area contributed by atoms with Gasteiger partial charge >= 0.3 is 0 Å². The van der Waals surface area contributed by atoms with E-state index >= 15 is 0 Å². The number of rotatable bonds is 4. The number of nitrogens with zero attached hydrogens (tertiary/aromatic N) is 1. The maximum absolute atomic E-state index is 11.3. The molecule has 0 aliphatic rings. The van der Waals surface area contributed by atoms with E-state index in [9.17, 15) is 9.59 Å². The van der Waals surface area contributed by atoms with Gasteiger partial charge in [0.05, 0.1) is 6.54 Å². The van der Waals surface area contributed by atoms with Gasteiger partial charge in [-0.15, -0.1) is 11.6 Å². The fourth-order valence-electron chi connectivity index (χ4n) is 1.11. The van der Waals surface area contributed by atoms with Gasteiger partial charge in [0, 0.05) is 5.69 Å². The highest BCUT2D eigenvalue weighted by Crippen LogP contribution is 2.12. The first-order valence-electron chi connectivity index (χ1n) is 4.14. The van der Waals surface area contributed by atoms with Crippen LogP contribution in [0.4, 0.5) is 5.69 Å². The Kier molecular flexibility index (Phi) is 4.13. The zero-order valence-electron chi connectivity index (χ0n) is 7.52. The number of amides is 1. The predicted octanol–water partition coefficient (Wildman–Crippen LogP) is 1.46. The van der Waals surface area contributed by atoms with Crippen molar-refractivity contribution >= 4 is 29.5 Å². The summed E-state index contributed by atoms with van der Waals surface area (Å²) in [4.78, 5) is 23.1. The van der Waals surface area contributed by atoms with Gasteiger partial charge in [-0.3, -0.25) is 4.79 Å². The molecule has 1 aromatic carbocycles. The number of carbonyl (C=O) groups is 2. The molecule has 0 fully saturated rings. The number of benzene rings is 1. The Bertz CT molecular complexity index is 313. The standard InChI is InChI=1S/C10H10ClNO2/c11-8-10(14)12(6-7-13)9-4-2-1-3-5-9/h1-5,7H,6,8H2. The molecule has 1 rings (SSSR count). The molecule has 3 nitrogen and oxygen atoms in total. The zero-order valence-corrected chi connectivity index (χ0v) is 8.28. The molecule has 4 heteroatoms. The Labute approximate surface area is 87.3 Å². The minimum Gasteiger partial charge on any atom is -0.304 e. The smallest absolute Gasteiger partial charge is 0.242 e. The zero-order chi connectivity index (χ0) is 10.4. The molecule has 1 aromatic rings. The van der Waals surface area contributed by atoms with E-state index in [1.165, 1.54) is 4.90 Å². The molecule has 1 amide bonds. The molecular formula is C10H10ClNO2. The largest absolute Gasteiger partial charge is 0.304 e. The van der Waals surface area contributed by atoms with E-state index in [1.807, 2.05) is 6.07 Å². The Morgan fingerprint density at radius 1 is 1.36 bits per heavy atom. The summed E-state index contributed by atoms with van der Waals surface area (Å²) < 4.78 is 0. The van der Waals surface area contributed by atoms with Crippen molar-refractivity contribution < 1.29 is 9.59 Å². The first-order chi connectivity index (χ1) is 6.79. The van der Waals surface area contributed by atoms with E-state index in [-0.39, 0.29) is 18.3 Å². The number of para-hydroxylation sites is 1. The monoisotopic (exact) mass is 211 g/mol. The minimum absolute atomic E-state index is 0.0373. The molecule has 0 unspecified atom stereocenters. The van der Waals surface area contributed by atoms with Crippen LogP contribution in [0.15, 0.2) is 30.3 Å². The number of halogens is 1. The summed E-state index contributed by atoms with van der Waals surface area (Å²) in [6.45, 7) is 0.0373. The van der Waals surface area contributed by atoms with Gasteiger partial charge in [0.1, 0.15) is 12.2 Å². The van der Waals surface area contributed by atoms with Crippen LogP contribution >= 0.6 is 11.6 Å². The average molecular weight is 212 g/mol. The van der Waals surface area contributed by atoms with Gasteiger partial charge in [-0.2, -0.15) is 0 Å². The van der Waals surface area contributed by atoms with E-state index in [0.29, 0.717) is 12.0 Å². The van der Waals surface area contributed by atoms with Crippen LogP contribution in [0.2, 0.25) is 0 Å². The highest BCUT2D eigenvalue weighted by atomic mass is 35.5. The first-order valence-corrected chi connectivity index (χ1v) is 4.68. The predicted molar refractivity (Wildman–Crippen MR) is 55.6 cm³/mol. The third-order valence-electron chi connectivity index (χ3n) is 1.74. The second-order valence-electron chi connectivity index (χ2n) is 2.64. The van der Waals surface area contributed by atoms with Crippen LogP contribution in [-0.4, -0.2) is 24.6 Å². The fourth-order valence-corrected chi connectivity index (χ4v) is 1.25. The average Bonchev–Trinajstić information content (AvgIpc) is 2.26. The topological polar surface area (TPSA) is 37.4 Å². The molecule has 0 saturated heterocycles. The lowest BCUT2D eigenvalue weighted by Crippen LogP contribution is -2.33. The van der Waals surface area contributed by atoms with Crippen LogP contribution in [0, 0.1) is 0 Å². The van der Waals surface area contributed by atoms with Crippen LogP contribution in [0.1, 0.15) is 0 Å². The van der Waals surface area contributed by atoms with Crippen molar-refractivity contribution in [3.8, 4) is 0 Å². The number of hydrogen-bond acceptors (Lipinski definition) is 2. The first kappa shape index (κ1) is 10.7. The molecular weight excluding hydrogens is 202 g/mol. The Hall–Kier alpha value is -1.35. The van der Waals surface area contributed by atoms with Crippen molar-refractivity contribution in [3.05, 3.63) is 30.3 Å². The van der Waals surface area contributed by atoms with Gasteiger partial charge in [0.2, 0.25) is 5.91 Å². The number of alkyl halides is 1. The molecule has 0 aromatic heterocycles. The van der Waals surface area contributed by atoms with E-state index in [0.717, 1.165) is 0 Å². The van der Waals surface area contributed by atoms with Crippen molar-refractivity contribution in [2.75, 3.05) is 17.3 Å². The summed E-state index contributed by atoms with van der Waals surface area (Å²) in [7, 11) is 0. The summed E-state index contributed by atoms with van der Waals surface area (Å²) in [5.74, 6) is -0.395. The lowest BCUT2D eigenvalue weighted by molar-refractivity contribution is -0.117. The summed E-state index contributed by atoms with van der Waals surface area (Å²) in [6, 6.07) is 8.96. The summed E-state index contributed by atoms with van der Waals surface area (Å²) >= 11 is 5.43. The quantitative estimate of drug-likeness (QED) is 0.559. The maximum atomic E-state index is 11.3. The highest BCUT2D eigenvalue weighted by Gasteiger charge is 2.12. The van der Waals surface area contributed by atoms with Crippen LogP contribution in [-0.2, 0) is 9.59 Å². The molecule has 14 heavy (non-hydrogen) atoms. The lowest BCUT2D eigenvalue weighted by Gasteiger charge is -2.18. The minimum atomic E-state index is -0.273. The third kappa shape index (κ3) is 2.57. The van der Waals surface area contributed by atoms with Crippen LogP contribution in [0.3, 0.4) is 0 Å². The Balaban J connectivity index is 2.88. The third-order valence-corrected chi connectivity index (χ3v) is 1.97. The van der Waals surface area contributed by atoms with E-state index in [2.05, 4.69) is 0 Å². The van der Waals surface area contributed by atoms with Crippen molar-refractivity contribution in [1.29, 1.82) is 0 Å². The van der Waals surface area contributed by atoms with Crippen LogP contribution in [0.5, 0.6) is 0 Å². The molecule has 0 atom stereocenters. The molecule has 0 radical (unpaired) electrons.